The fourth-order valence-electron chi connectivity index (χ4n) is 2.26. The fraction of sp³-hybridized carbons (Fsp3) is 0.235. The second-order valence-corrected chi connectivity index (χ2v) is 7.04. The smallest absolute Gasteiger partial charge is 0.251 e. The van der Waals surface area contributed by atoms with Crippen LogP contribution in [0.4, 0.5) is 5.69 Å². The molecule has 0 aliphatic carbocycles. The molecule has 0 fully saturated rings. The lowest BCUT2D eigenvalue weighted by molar-refractivity contribution is 0.0955. The predicted molar refractivity (Wildman–Crippen MR) is 94.0 cm³/mol. The van der Waals surface area contributed by atoms with Crippen LogP contribution in [0.3, 0.4) is 0 Å². The second kappa shape index (κ2) is 7.83. The topological polar surface area (TPSA) is 75.7 Å². The van der Waals surface area contributed by atoms with Gasteiger partial charge in [0.1, 0.15) is 5.75 Å². The molecule has 0 heterocycles. The number of hydrogen-bond donors (Lipinski definition) is 1. The highest BCUT2D eigenvalue weighted by atomic mass is 32.2. The minimum atomic E-state index is -3.51. The summed E-state index contributed by atoms with van der Waals surface area (Å²) in [5.74, 6) is 0.210. The fourth-order valence-corrected chi connectivity index (χ4v) is 3.19. The van der Waals surface area contributed by atoms with Gasteiger partial charge in [-0.15, -0.1) is 0 Å². The third-order valence-electron chi connectivity index (χ3n) is 3.39. The molecule has 1 N–H and O–H groups in total. The van der Waals surface area contributed by atoms with Crippen molar-refractivity contribution in [3.8, 4) is 5.75 Å². The lowest BCUT2D eigenvalue weighted by Gasteiger charge is -2.24. The van der Waals surface area contributed by atoms with Crippen LogP contribution in [0.15, 0.2) is 54.6 Å². The maximum atomic E-state index is 12.1. The molecule has 0 unspecified atom stereocenters. The van der Waals surface area contributed by atoms with Crippen molar-refractivity contribution in [1.29, 1.82) is 0 Å². The SMILES string of the molecule is COc1ccccc1N(CCNC(=O)c1ccccc1)S(C)(=O)=O. The average Bonchev–Trinajstić information content (AvgIpc) is 2.58. The number of sulfonamides is 1. The Hall–Kier alpha value is -2.54. The van der Waals surface area contributed by atoms with Crippen LogP contribution >= 0.6 is 0 Å². The zero-order chi connectivity index (χ0) is 17.6. The van der Waals surface area contributed by atoms with Crippen molar-refractivity contribution < 1.29 is 17.9 Å². The van der Waals surface area contributed by atoms with Gasteiger partial charge in [-0.2, -0.15) is 0 Å². The Labute approximate surface area is 142 Å². The molecular formula is C17H20N2O4S. The van der Waals surface area contributed by atoms with Gasteiger partial charge in [0.2, 0.25) is 10.0 Å². The predicted octanol–water partition coefficient (Wildman–Crippen LogP) is 1.89. The van der Waals surface area contributed by atoms with Gasteiger partial charge in [-0.25, -0.2) is 8.42 Å². The number of rotatable bonds is 7. The van der Waals surface area contributed by atoms with Crippen molar-refractivity contribution in [1.82, 2.24) is 5.32 Å². The van der Waals surface area contributed by atoms with E-state index in [0.29, 0.717) is 17.0 Å². The Kier molecular flexibility index (Phi) is 5.81. The molecule has 2 rings (SSSR count). The molecule has 0 saturated heterocycles. The molecule has 24 heavy (non-hydrogen) atoms. The van der Waals surface area contributed by atoms with Crippen molar-refractivity contribution in [2.75, 3.05) is 30.8 Å². The number of ether oxygens (including phenoxy) is 1. The Morgan fingerprint density at radius 3 is 2.33 bits per heavy atom. The number of carbonyl (C=O) groups excluding carboxylic acids is 1. The maximum absolute atomic E-state index is 12.1. The van der Waals surface area contributed by atoms with Crippen LogP contribution < -0.4 is 14.4 Å². The Morgan fingerprint density at radius 1 is 1.08 bits per heavy atom. The van der Waals surface area contributed by atoms with Gasteiger partial charge in [-0.05, 0) is 24.3 Å². The number of anilines is 1. The van der Waals surface area contributed by atoms with Crippen LogP contribution in [0.2, 0.25) is 0 Å². The molecule has 0 spiro atoms. The maximum Gasteiger partial charge on any atom is 0.251 e. The van der Waals surface area contributed by atoms with Gasteiger partial charge in [0.05, 0.1) is 25.6 Å². The van der Waals surface area contributed by atoms with E-state index in [9.17, 15) is 13.2 Å². The zero-order valence-electron chi connectivity index (χ0n) is 13.6. The summed E-state index contributed by atoms with van der Waals surface area (Å²) < 4.78 is 30.7. The molecule has 0 atom stereocenters. The van der Waals surface area contributed by atoms with Crippen molar-refractivity contribution in [2.45, 2.75) is 0 Å². The van der Waals surface area contributed by atoms with E-state index in [0.717, 1.165) is 6.26 Å². The molecule has 0 bridgehead atoms. The summed E-state index contributed by atoms with van der Waals surface area (Å²) in [4.78, 5) is 12.0. The molecule has 0 aliphatic rings. The molecule has 0 aromatic heterocycles. The lowest BCUT2D eigenvalue weighted by Crippen LogP contribution is -2.38. The van der Waals surface area contributed by atoms with Crippen molar-refractivity contribution in [3.63, 3.8) is 0 Å². The van der Waals surface area contributed by atoms with Gasteiger partial charge >= 0.3 is 0 Å². The number of benzene rings is 2. The van der Waals surface area contributed by atoms with Gasteiger partial charge in [-0.1, -0.05) is 30.3 Å². The zero-order valence-corrected chi connectivity index (χ0v) is 14.4. The molecule has 0 radical (unpaired) electrons. The number of nitrogens with zero attached hydrogens (tertiary/aromatic N) is 1. The molecule has 128 valence electrons. The van der Waals surface area contributed by atoms with E-state index in [1.807, 2.05) is 6.07 Å². The Balaban J connectivity index is 2.10. The van der Waals surface area contributed by atoms with Gasteiger partial charge in [0.25, 0.3) is 5.91 Å². The molecular weight excluding hydrogens is 328 g/mol. The summed E-state index contributed by atoms with van der Waals surface area (Å²) in [5.41, 5.74) is 0.970. The highest BCUT2D eigenvalue weighted by Gasteiger charge is 2.20. The normalized spacial score (nSPS) is 10.9. The quantitative estimate of drug-likeness (QED) is 0.829. The standard InChI is InChI=1S/C17H20N2O4S/c1-23-16-11-7-6-10-15(16)19(24(2,21)22)13-12-18-17(20)14-8-4-3-5-9-14/h3-11H,12-13H2,1-2H3,(H,18,20). The first-order chi connectivity index (χ1) is 11.4. The summed E-state index contributed by atoms with van der Waals surface area (Å²) >= 11 is 0. The number of para-hydroxylation sites is 2. The molecule has 0 aliphatic heterocycles. The summed E-state index contributed by atoms with van der Waals surface area (Å²) in [7, 11) is -2.03. The van der Waals surface area contributed by atoms with Crippen LogP contribution in [0.1, 0.15) is 10.4 Å². The molecule has 1 amide bonds. The third kappa shape index (κ3) is 4.48. The van der Waals surface area contributed by atoms with Crippen molar-refractivity contribution >= 4 is 21.6 Å². The van der Waals surface area contributed by atoms with Crippen LogP contribution in [0.5, 0.6) is 5.75 Å². The average molecular weight is 348 g/mol. The van der Waals surface area contributed by atoms with Crippen LogP contribution in [0.25, 0.3) is 0 Å². The first kappa shape index (κ1) is 17.8. The summed E-state index contributed by atoms with van der Waals surface area (Å²) in [6, 6.07) is 15.6. The monoisotopic (exact) mass is 348 g/mol. The number of methoxy groups -OCH3 is 1. The summed E-state index contributed by atoms with van der Waals surface area (Å²) in [6.45, 7) is 0.288. The van der Waals surface area contributed by atoms with E-state index >= 15 is 0 Å². The largest absolute Gasteiger partial charge is 0.495 e. The van der Waals surface area contributed by atoms with Crippen LogP contribution in [-0.2, 0) is 10.0 Å². The number of hydrogen-bond acceptors (Lipinski definition) is 4. The summed E-state index contributed by atoms with van der Waals surface area (Å²) in [6.07, 6.45) is 1.12. The van der Waals surface area contributed by atoms with Crippen molar-refractivity contribution in [3.05, 3.63) is 60.2 Å². The second-order valence-electron chi connectivity index (χ2n) is 5.13. The summed E-state index contributed by atoms with van der Waals surface area (Å²) in [5, 5.41) is 2.72. The van der Waals surface area contributed by atoms with Gasteiger partial charge in [0.15, 0.2) is 0 Å². The molecule has 2 aromatic rings. The minimum absolute atomic E-state index is 0.109. The Morgan fingerprint density at radius 2 is 1.71 bits per heavy atom. The van der Waals surface area contributed by atoms with Gasteiger partial charge in [-0.3, -0.25) is 9.10 Å². The van der Waals surface area contributed by atoms with E-state index in [-0.39, 0.29) is 19.0 Å². The Bertz CT molecular complexity index is 791. The van der Waals surface area contributed by atoms with Crippen molar-refractivity contribution in [2.24, 2.45) is 0 Å². The van der Waals surface area contributed by atoms with E-state index in [2.05, 4.69) is 5.32 Å². The molecule has 0 saturated carbocycles. The lowest BCUT2D eigenvalue weighted by atomic mass is 10.2. The highest BCUT2D eigenvalue weighted by molar-refractivity contribution is 7.92. The van der Waals surface area contributed by atoms with Gasteiger partial charge in [0, 0.05) is 12.1 Å². The minimum Gasteiger partial charge on any atom is -0.495 e. The van der Waals surface area contributed by atoms with Gasteiger partial charge < -0.3 is 10.1 Å². The first-order valence-electron chi connectivity index (χ1n) is 7.37. The van der Waals surface area contributed by atoms with Crippen LogP contribution in [-0.4, -0.2) is 40.8 Å². The third-order valence-corrected chi connectivity index (χ3v) is 4.57. The van der Waals surface area contributed by atoms with E-state index < -0.39 is 10.0 Å². The highest BCUT2D eigenvalue weighted by Crippen LogP contribution is 2.29. The molecule has 7 heteroatoms. The molecule has 6 nitrogen and oxygen atoms in total. The van der Waals surface area contributed by atoms with E-state index in [1.165, 1.54) is 11.4 Å². The van der Waals surface area contributed by atoms with Crippen LogP contribution in [0, 0.1) is 0 Å². The van der Waals surface area contributed by atoms with E-state index in [4.69, 9.17) is 4.74 Å². The molecule has 2 aromatic carbocycles. The number of nitrogens with one attached hydrogen (secondary N) is 1. The number of carbonyl (C=O) groups is 1. The van der Waals surface area contributed by atoms with E-state index in [1.54, 1.807) is 48.5 Å². The first-order valence-corrected chi connectivity index (χ1v) is 9.22. The number of amides is 1.